The van der Waals surface area contributed by atoms with Gasteiger partial charge in [-0.25, -0.2) is 4.98 Å². The number of aromatic nitrogens is 1. The Morgan fingerprint density at radius 3 is 2.91 bits per heavy atom. The topological polar surface area (TPSA) is 51.2 Å². The fourth-order valence-electron chi connectivity index (χ4n) is 1.92. The number of hydrogen-bond acceptors (Lipinski definition) is 5. The molecule has 0 saturated heterocycles. The van der Waals surface area contributed by atoms with Crippen LogP contribution in [0.15, 0.2) is 17.5 Å². The summed E-state index contributed by atoms with van der Waals surface area (Å²) in [5, 5.41) is 5.88. The van der Waals surface area contributed by atoms with Crippen molar-refractivity contribution in [3.63, 3.8) is 0 Å². The Labute approximate surface area is 139 Å². The molecule has 0 aromatic carbocycles. The predicted molar refractivity (Wildman–Crippen MR) is 92.8 cm³/mol. The fourth-order valence-corrected chi connectivity index (χ4v) is 3.70. The normalized spacial score (nSPS) is 10.8. The van der Waals surface area contributed by atoms with Gasteiger partial charge in [-0.3, -0.25) is 4.79 Å². The van der Waals surface area contributed by atoms with E-state index < -0.39 is 0 Å². The molecule has 0 saturated carbocycles. The quantitative estimate of drug-likeness (QED) is 0.700. The zero-order valence-electron chi connectivity index (χ0n) is 13.1. The zero-order valence-corrected chi connectivity index (χ0v) is 14.7. The average Bonchev–Trinajstić information content (AvgIpc) is 3.15. The maximum Gasteiger partial charge on any atom is 0.263 e. The molecule has 0 aliphatic heterocycles. The maximum atomic E-state index is 12.2. The summed E-state index contributed by atoms with van der Waals surface area (Å²) in [4.78, 5) is 18.5. The van der Waals surface area contributed by atoms with Gasteiger partial charge in [0.25, 0.3) is 5.91 Å². The fraction of sp³-hybridized carbons (Fsp3) is 0.500. The van der Waals surface area contributed by atoms with E-state index in [2.05, 4.69) is 17.2 Å². The second kappa shape index (κ2) is 9.02. The van der Waals surface area contributed by atoms with E-state index in [0.29, 0.717) is 18.0 Å². The highest BCUT2D eigenvalue weighted by molar-refractivity contribution is 7.22. The molecular formula is C16H22N2O2S2. The van der Waals surface area contributed by atoms with Gasteiger partial charge < -0.3 is 10.1 Å². The van der Waals surface area contributed by atoms with Crippen LogP contribution in [0.4, 0.5) is 0 Å². The molecule has 6 heteroatoms. The number of nitrogens with one attached hydrogen (secondary N) is 1. The first-order valence-electron chi connectivity index (χ1n) is 7.59. The van der Waals surface area contributed by atoms with E-state index in [0.717, 1.165) is 41.4 Å². The van der Waals surface area contributed by atoms with Gasteiger partial charge in [0.05, 0.1) is 10.6 Å². The van der Waals surface area contributed by atoms with Gasteiger partial charge in [0.1, 0.15) is 9.88 Å². The average molecular weight is 338 g/mol. The van der Waals surface area contributed by atoms with Crippen molar-refractivity contribution >= 4 is 28.6 Å². The highest BCUT2D eigenvalue weighted by Gasteiger charge is 2.16. The van der Waals surface area contributed by atoms with E-state index in [1.54, 1.807) is 11.3 Å². The summed E-state index contributed by atoms with van der Waals surface area (Å²) in [6.07, 6.45) is 3.08. The monoisotopic (exact) mass is 338 g/mol. The van der Waals surface area contributed by atoms with Crippen molar-refractivity contribution < 1.29 is 9.53 Å². The summed E-state index contributed by atoms with van der Waals surface area (Å²) in [6, 6.07) is 4.02. The first-order valence-corrected chi connectivity index (χ1v) is 9.29. The molecule has 0 unspecified atom stereocenters. The van der Waals surface area contributed by atoms with Crippen LogP contribution >= 0.6 is 22.7 Å². The van der Waals surface area contributed by atoms with Gasteiger partial charge in [-0.2, -0.15) is 0 Å². The molecular weight excluding hydrogens is 316 g/mol. The molecule has 0 aliphatic rings. The second-order valence-electron chi connectivity index (χ2n) is 4.99. The largest absolute Gasteiger partial charge is 0.381 e. The van der Waals surface area contributed by atoms with Gasteiger partial charge in [0.15, 0.2) is 0 Å². The molecule has 0 atom stereocenters. The van der Waals surface area contributed by atoms with Gasteiger partial charge in [0, 0.05) is 19.8 Å². The summed E-state index contributed by atoms with van der Waals surface area (Å²) in [7, 11) is 0. The van der Waals surface area contributed by atoms with E-state index in [1.807, 2.05) is 24.4 Å². The molecule has 1 N–H and O–H groups in total. The third kappa shape index (κ3) is 4.90. The molecule has 2 aromatic heterocycles. The summed E-state index contributed by atoms with van der Waals surface area (Å²) >= 11 is 3.10. The summed E-state index contributed by atoms with van der Waals surface area (Å²) in [5.74, 6) is -0.0358. The minimum absolute atomic E-state index is 0.0358. The van der Waals surface area contributed by atoms with Gasteiger partial charge >= 0.3 is 0 Å². The van der Waals surface area contributed by atoms with Crippen LogP contribution in [0, 0.1) is 6.92 Å². The number of thiazole rings is 1. The lowest BCUT2D eigenvalue weighted by atomic mass is 10.3. The standard InChI is InChI=1S/C16H22N2O2S2/c1-3-4-9-20-10-6-8-17-15(19)14-12(2)18-16(22-14)13-7-5-11-21-13/h5,7,11H,3-4,6,8-10H2,1-2H3,(H,17,19). The maximum absolute atomic E-state index is 12.2. The smallest absolute Gasteiger partial charge is 0.263 e. The van der Waals surface area contributed by atoms with Crippen molar-refractivity contribution in [1.29, 1.82) is 0 Å². The number of ether oxygens (including phenoxy) is 1. The van der Waals surface area contributed by atoms with Crippen molar-refractivity contribution in [2.24, 2.45) is 0 Å². The Kier molecular flexibility index (Phi) is 7.02. The number of aryl methyl sites for hydroxylation is 1. The van der Waals surface area contributed by atoms with Gasteiger partial charge in [0.2, 0.25) is 0 Å². The summed E-state index contributed by atoms with van der Waals surface area (Å²) < 4.78 is 5.48. The van der Waals surface area contributed by atoms with E-state index in [9.17, 15) is 4.79 Å². The summed E-state index contributed by atoms with van der Waals surface area (Å²) in [6.45, 7) is 6.17. The zero-order chi connectivity index (χ0) is 15.8. The Hall–Kier alpha value is -1.24. The first kappa shape index (κ1) is 17.1. The number of hydrogen-bond donors (Lipinski definition) is 1. The molecule has 2 aromatic rings. The number of nitrogens with zero attached hydrogens (tertiary/aromatic N) is 1. The van der Waals surface area contributed by atoms with Crippen LogP contribution < -0.4 is 5.32 Å². The van der Waals surface area contributed by atoms with Crippen molar-refractivity contribution in [1.82, 2.24) is 10.3 Å². The van der Waals surface area contributed by atoms with Crippen molar-refractivity contribution in [3.8, 4) is 9.88 Å². The van der Waals surface area contributed by atoms with Crippen molar-refractivity contribution in [2.75, 3.05) is 19.8 Å². The Balaban J connectivity index is 1.78. The van der Waals surface area contributed by atoms with Crippen LogP contribution in [-0.2, 0) is 4.74 Å². The molecule has 4 nitrogen and oxygen atoms in total. The van der Waals surface area contributed by atoms with Crippen LogP contribution in [-0.4, -0.2) is 30.6 Å². The van der Waals surface area contributed by atoms with E-state index in [-0.39, 0.29) is 5.91 Å². The minimum atomic E-state index is -0.0358. The van der Waals surface area contributed by atoms with Gasteiger partial charge in [-0.1, -0.05) is 19.4 Å². The molecule has 2 rings (SSSR count). The molecule has 22 heavy (non-hydrogen) atoms. The lowest BCUT2D eigenvalue weighted by Gasteiger charge is -2.05. The molecule has 0 radical (unpaired) electrons. The van der Waals surface area contributed by atoms with Crippen LogP contribution in [0.5, 0.6) is 0 Å². The molecule has 0 spiro atoms. The van der Waals surface area contributed by atoms with Crippen LogP contribution in [0.25, 0.3) is 9.88 Å². The Bertz CT molecular complexity index is 579. The molecule has 2 heterocycles. The van der Waals surface area contributed by atoms with E-state index in [1.165, 1.54) is 11.3 Å². The number of carbonyl (C=O) groups is 1. The van der Waals surface area contributed by atoms with Crippen LogP contribution in [0.2, 0.25) is 0 Å². The minimum Gasteiger partial charge on any atom is -0.381 e. The highest BCUT2D eigenvalue weighted by Crippen LogP contribution is 2.30. The number of carbonyl (C=O) groups excluding carboxylic acids is 1. The number of unbranched alkanes of at least 4 members (excludes halogenated alkanes) is 1. The Morgan fingerprint density at radius 1 is 1.36 bits per heavy atom. The third-order valence-electron chi connectivity index (χ3n) is 3.13. The lowest BCUT2D eigenvalue weighted by Crippen LogP contribution is -2.25. The number of amides is 1. The van der Waals surface area contributed by atoms with Crippen LogP contribution in [0.3, 0.4) is 0 Å². The SMILES string of the molecule is CCCCOCCCNC(=O)c1sc(-c2cccs2)nc1C. The van der Waals surface area contributed by atoms with Crippen molar-refractivity contribution in [2.45, 2.75) is 33.1 Å². The second-order valence-corrected chi connectivity index (χ2v) is 6.93. The van der Waals surface area contributed by atoms with E-state index >= 15 is 0 Å². The van der Waals surface area contributed by atoms with Crippen molar-refractivity contribution in [3.05, 3.63) is 28.1 Å². The predicted octanol–water partition coefficient (Wildman–Crippen LogP) is 4.12. The first-order chi connectivity index (χ1) is 10.7. The molecule has 0 bridgehead atoms. The van der Waals surface area contributed by atoms with Gasteiger partial charge in [-0.15, -0.1) is 22.7 Å². The molecule has 0 aliphatic carbocycles. The molecule has 120 valence electrons. The third-order valence-corrected chi connectivity index (χ3v) is 5.32. The molecule has 1 amide bonds. The van der Waals surface area contributed by atoms with Gasteiger partial charge in [-0.05, 0) is 31.2 Å². The Morgan fingerprint density at radius 2 is 2.18 bits per heavy atom. The van der Waals surface area contributed by atoms with E-state index in [4.69, 9.17) is 4.74 Å². The number of rotatable bonds is 9. The molecule has 0 fully saturated rings. The number of thiophene rings is 1. The highest BCUT2D eigenvalue weighted by atomic mass is 32.1. The lowest BCUT2D eigenvalue weighted by molar-refractivity contribution is 0.0943. The van der Waals surface area contributed by atoms with Crippen LogP contribution in [0.1, 0.15) is 41.6 Å². The summed E-state index contributed by atoms with van der Waals surface area (Å²) in [5.41, 5.74) is 0.796.